The number of aromatic amines is 1. The van der Waals surface area contributed by atoms with Crippen molar-refractivity contribution in [3.8, 4) is 0 Å². The lowest BCUT2D eigenvalue weighted by atomic mass is 10.0. The molecule has 0 unspecified atom stereocenters. The highest BCUT2D eigenvalue weighted by Gasteiger charge is 2.38. The number of nitrogens with one attached hydrogen (secondary N) is 1. The third-order valence-electron chi connectivity index (χ3n) is 3.96. The van der Waals surface area contributed by atoms with Crippen molar-refractivity contribution in [2.75, 3.05) is 0 Å². The number of hydrogen-bond donors (Lipinski definition) is 2. The van der Waals surface area contributed by atoms with Crippen LogP contribution >= 0.6 is 11.6 Å². The van der Waals surface area contributed by atoms with E-state index in [4.69, 9.17) is 17.3 Å². The summed E-state index contributed by atoms with van der Waals surface area (Å²) in [6, 6.07) is 7.31. The van der Waals surface area contributed by atoms with Gasteiger partial charge in [0.05, 0.1) is 17.2 Å². The molecule has 3 aromatic rings. The minimum absolute atomic E-state index is 0.105. The van der Waals surface area contributed by atoms with E-state index in [-0.39, 0.29) is 22.7 Å². The molecular formula is C17H11ClF6N2. The second-order valence-corrected chi connectivity index (χ2v) is 6.17. The maximum Gasteiger partial charge on any atom is 0.417 e. The fraction of sp³-hybridized carbons (Fsp3) is 0.176. The van der Waals surface area contributed by atoms with Crippen LogP contribution in [0.2, 0.25) is 5.02 Å². The average molecular weight is 393 g/mol. The molecule has 1 atom stereocenters. The number of alkyl halides is 6. The van der Waals surface area contributed by atoms with Crippen molar-refractivity contribution in [1.29, 1.82) is 0 Å². The minimum Gasteiger partial charge on any atom is -0.357 e. The lowest BCUT2D eigenvalue weighted by Crippen LogP contribution is -2.11. The predicted molar refractivity (Wildman–Crippen MR) is 85.8 cm³/mol. The molecule has 1 aromatic heterocycles. The number of hydrogen-bond acceptors (Lipinski definition) is 1. The van der Waals surface area contributed by atoms with Crippen LogP contribution in [0.5, 0.6) is 0 Å². The van der Waals surface area contributed by atoms with Crippen molar-refractivity contribution >= 4 is 22.5 Å². The average Bonchev–Trinajstić information content (AvgIpc) is 2.96. The monoisotopic (exact) mass is 392 g/mol. The first-order valence-corrected chi connectivity index (χ1v) is 7.66. The van der Waals surface area contributed by atoms with Gasteiger partial charge in [-0.1, -0.05) is 23.7 Å². The predicted octanol–water partition coefficient (Wildman–Crippen LogP) is 5.91. The van der Waals surface area contributed by atoms with Gasteiger partial charge < -0.3 is 10.7 Å². The van der Waals surface area contributed by atoms with Crippen molar-refractivity contribution in [2.45, 2.75) is 18.4 Å². The summed E-state index contributed by atoms with van der Waals surface area (Å²) in [5.74, 6) is 0. The minimum atomic E-state index is -4.94. The van der Waals surface area contributed by atoms with Gasteiger partial charge in [0.2, 0.25) is 0 Å². The zero-order valence-corrected chi connectivity index (χ0v) is 13.6. The molecule has 0 saturated heterocycles. The van der Waals surface area contributed by atoms with E-state index in [9.17, 15) is 26.3 Å². The fourth-order valence-corrected chi connectivity index (χ4v) is 2.80. The molecule has 0 bridgehead atoms. The molecule has 0 aliphatic carbocycles. The van der Waals surface area contributed by atoms with Gasteiger partial charge in [-0.2, -0.15) is 26.3 Å². The van der Waals surface area contributed by atoms with Crippen molar-refractivity contribution in [3.05, 3.63) is 69.9 Å². The molecule has 1 heterocycles. The first-order chi connectivity index (χ1) is 12.0. The van der Waals surface area contributed by atoms with Crippen molar-refractivity contribution in [1.82, 2.24) is 4.98 Å². The Kier molecular flexibility index (Phi) is 4.44. The SMILES string of the molecule is N[C@@H](c1ccc(Cl)cc1)c1cc2c(C(F)(F)F)cc(C(F)(F)F)cc2[nH]1. The summed E-state index contributed by atoms with van der Waals surface area (Å²) in [5.41, 5.74) is 3.71. The zero-order valence-electron chi connectivity index (χ0n) is 12.8. The number of benzene rings is 2. The standard InChI is InChI=1S/C17H11ClF6N2/c18-10-3-1-8(2-4-10)15(25)14-7-11-12(17(22,23)24)5-9(16(19,20)21)6-13(11)26-14/h1-7,15,26H,25H2/t15-/m0/s1. The van der Waals surface area contributed by atoms with Crippen LogP contribution in [0.15, 0.2) is 42.5 Å². The molecule has 0 aliphatic rings. The maximum atomic E-state index is 13.2. The van der Waals surface area contributed by atoms with Crippen LogP contribution in [0.1, 0.15) is 28.4 Å². The van der Waals surface area contributed by atoms with Gasteiger partial charge in [0.15, 0.2) is 0 Å². The number of fused-ring (bicyclic) bond motifs is 1. The lowest BCUT2D eigenvalue weighted by molar-refractivity contribution is -0.142. The number of rotatable bonds is 2. The van der Waals surface area contributed by atoms with Gasteiger partial charge in [-0.3, -0.25) is 0 Å². The van der Waals surface area contributed by atoms with E-state index in [2.05, 4.69) is 4.98 Å². The molecule has 3 rings (SSSR count). The Morgan fingerprint density at radius 2 is 1.50 bits per heavy atom. The van der Waals surface area contributed by atoms with Gasteiger partial charge in [-0.05, 0) is 35.9 Å². The van der Waals surface area contributed by atoms with Gasteiger partial charge in [0.25, 0.3) is 0 Å². The van der Waals surface area contributed by atoms with Gasteiger partial charge in [0, 0.05) is 21.6 Å². The molecule has 138 valence electrons. The normalized spacial score (nSPS) is 14.0. The van der Waals surface area contributed by atoms with Crippen LogP contribution in [0, 0.1) is 0 Å². The van der Waals surface area contributed by atoms with Crippen molar-refractivity contribution in [3.63, 3.8) is 0 Å². The third-order valence-corrected chi connectivity index (χ3v) is 4.21. The van der Waals surface area contributed by atoms with Crippen LogP contribution in [-0.4, -0.2) is 4.98 Å². The molecular weight excluding hydrogens is 382 g/mol. The molecule has 0 saturated carbocycles. The highest BCUT2D eigenvalue weighted by Crippen LogP contribution is 2.40. The van der Waals surface area contributed by atoms with Gasteiger partial charge in [-0.15, -0.1) is 0 Å². The Morgan fingerprint density at radius 1 is 0.885 bits per heavy atom. The molecule has 9 heteroatoms. The quantitative estimate of drug-likeness (QED) is 0.523. The lowest BCUT2D eigenvalue weighted by Gasteiger charge is -2.12. The van der Waals surface area contributed by atoms with Crippen LogP contribution in [0.3, 0.4) is 0 Å². The molecule has 2 nitrogen and oxygen atoms in total. The Hall–Kier alpha value is -2.19. The molecule has 3 N–H and O–H groups in total. The van der Waals surface area contributed by atoms with E-state index in [0.717, 1.165) is 6.07 Å². The first kappa shape index (κ1) is 18.6. The van der Waals surface area contributed by atoms with Crippen LogP contribution in [-0.2, 0) is 12.4 Å². The number of halogens is 7. The molecule has 0 radical (unpaired) electrons. The summed E-state index contributed by atoms with van der Waals surface area (Å²) in [7, 11) is 0. The van der Waals surface area contributed by atoms with Crippen LogP contribution in [0.25, 0.3) is 10.9 Å². The number of H-pyrrole nitrogens is 1. The van der Waals surface area contributed by atoms with Crippen molar-refractivity contribution in [2.24, 2.45) is 5.73 Å². The topological polar surface area (TPSA) is 41.8 Å². The maximum absolute atomic E-state index is 13.2. The van der Waals surface area contributed by atoms with E-state index in [1.807, 2.05) is 0 Å². The fourth-order valence-electron chi connectivity index (χ4n) is 2.67. The largest absolute Gasteiger partial charge is 0.417 e. The van der Waals surface area contributed by atoms with Gasteiger partial charge >= 0.3 is 12.4 Å². The highest BCUT2D eigenvalue weighted by atomic mass is 35.5. The van der Waals surface area contributed by atoms with Crippen LogP contribution in [0.4, 0.5) is 26.3 Å². The third kappa shape index (κ3) is 3.52. The van der Waals surface area contributed by atoms with E-state index >= 15 is 0 Å². The second kappa shape index (κ2) is 6.21. The molecule has 0 fully saturated rings. The molecule has 26 heavy (non-hydrogen) atoms. The molecule has 0 spiro atoms. The Bertz CT molecular complexity index is 941. The molecule has 0 aliphatic heterocycles. The molecule has 0 amide bonds. The van der Waals surface area contributed by atoms with E-state index < -0.39 is 29.5 Å². The van der Waals surface area contributed by atoms with Crippen LogP contribution < -0.4 is 5.73 Å². The Balaban J connectivity index is 2.16. The molecule has 2 aromatic carbocycles. The van der Waals surface area contributed by atoms with Gasteiger partial charge in [-0.25, -0.2) is 0 Å². The highest BCUT2D eigenvalue weighted by molar-refractivity contribution is 6.30. The summed E-state index contributed by atoms with van der Waals surface area (Å²) in [5, 5.41) is 0.0803. The van der Waals surface area contributed by atoms with E-state index in [1.54, 1.807) is 24.3 Å². The summed E-state index contributed by atoms with van der Waals surface area (Å²) >= 11 is 5.78. The summed E-state index contributed by atoms with van der Waals surface area (Å²) in [6.45, 7) is 0. The summed E-state index contributed by atoms with van der Waals surface area (Å²) in [4.78, 5) is 2.58. The van der Waals surface area contributed by atoms with Crippen molar-refractivity contribution < 1.29 is 26.3 Å². The second-order valence-electron chi connectivity index (χ2n) is 5.73. The van der Waals surface area contributed by atoms with E-state index in [0.29, 0.717) is 16.7 Å². The summed E-state index contributed by atoms with van der Waals surface area (Å²) < 4.78 is 78.5. The smallest absolute Gasteiger partial charge is 0.357 e. The summed E-state index contributed by atoms with van der Waals surface area (Å²) in [6.07, 6.45) is -9.85. The first-order valence-electron chi connectivity index (χ1n) is 7.29. The zero-order chi connectivity index (χ0) is 19.3. The van der Waals surface area contributed by atoms with E-state index in [1.165, 1.54) is 0 Å². The van der Waals surface area contributed by atoms with Gasteiger partial charge in [0.1, 0.15) is 0 Å². The Morgan fingerprint density at radius 3 is 2.04 bits per heavy atom. The Labute approximate surface area is 148 Å². The number of aromatic nitrogens is 1. The number of nitrogens with two attached hydrogens (primary N) is 1.